The molecule has 1 aliphatic carbocycles. The smallest absolute Gasteiger partial charge is 0.246 e. The summed E-state index contributed by atoms with van der Waals surface area (Å²) in [6.07, 6.45) is 7.30. The van der Waals surface area contributed by atoms with Crippen LogP contribution in [0.3, 0.4) is 0 Å². The number of nitrogens with zero attached hydrogens (tertiary/aromatic N) is 1. The molecule has 0 spiro atoms. The van der Waals surface area contributed by atoms with Crippen LogP contribution < -0.4 is 5.73 Å². The summed E-state index contributed by atoms with van der Waals surface area (Å²) in [6.45, 7) is 0.880. The molecular weight excluding hydrogens is 224 g/mol. The summed E-state index contributed by atoms with van der Waals surface area (Å²) in [5, 5.41) is 0. The third-order valence-corrected chi connectivity index (χ3v) is 3.49. The van der Waals surface area contributed by atoms with Crippen LogP contribution in [-0.2, 0) is 4.79 Å². The van der Waals surface area contributed by atoms with Gasteiger partial charge in [0.25, 0.3) is 0 Å². The van der Waals surface area contributed by atoms with Crippen LogP contribution >= 0.6 is 0 Å². The number of hydrogen-bond donors (Lipinski definition) is 1. The lowest BCUT2D eigenvalue weighted by molar-refractivity contribution is -0.125. The largest absolute Gasteiger partial charge is 0.399 e. The third kappa shape index (κ3) is 3.36. The Balaban J connectivity index is 1.87. The Labute approximate surface area is 108 Å². The molecule has 3 nitrogen and oxygen atoms in total. The highest BCUT2D eigenvalue weighted by Gasteiger charge is 2.20. The third-order valence-electron chi connectivity index (χ3n) is 3.49. The molecule has 3 heteroatoms. The summed E-state index contributed by atoms with van der Waals surface area (Å²) in [5.74, 6) is 0.780. The van der Waals surface area contributed by atoms with Crippen LogP contribution in [0.2, 0.25) is 0 Å². The molecule has 0 aromatic heterocycles. The van der Waals surface area contributed by atoms with E-state index < -0.39 is 0 Å². The molecule has 96 valence electrons. The molecule has 1 saturated carbocycles. The minimum Gasteiger partial charge on any atom is -0.399 e. The molecule has 18 heavy (non-hydrogen) atoms. The molecule has 0 saturated heterocycles. The van der Waals surface area contributed by atoms with Crippen LogP contribution in [0.15, 0.2) is 30.3 Å². The van der Waals surface area contributed by atoms with Gasteiger partial charge in [-0.05, 0) is 42.5 Å². The van der Waals surface area contributed by atoms with E-state index in [-0.39, 0.29) is 5.91 Å². The lowest BCUT2D eigenvalue weighted by atomic mass is 9.85. The second kappa shape index (κ2) is 5.71. The molecule has 1 aromatic carbocycles. The Hall–Kier alpha value is -1.77. The first-order chi connectivity index (χ1) is 8.65. The molecule has 0 atom stereocenters. The number of carbonyl (C=O) groups is 1. The zero-order valence-corrected chi connectivity index (χ0v) is 10.8. The van der Waals surface area contributed by atoms with Gasteiger partial charge in [-0.25, -0.2) is 0 Å². The Bertz CT molecular complexity index is 432. The first kappa shape index (κ1) is 12.7. The molecule has 1 amide bonds. The molecule has 1 aromatic rings. The van der Waals surface area contributed by atoms with Gasteiger partial charge in [-0.1, -0.05) is 18.6 Å². The summed E-state index contributed by atoms with van der Waals surface area (Å²) in [6, 6.07) is 7.49. The fraction of sp³-hybridized carbons (Fsp3) is 0.400. The van der Waals surface area contributed by atoms with Crippen molar-refractivity contribution in [2.75, 3.05) is 19.3 Å². The van der Waals surface area contributed by atoms with Crippen LogP contribution in [0.4, 0.5) is 5.69 Å². The van der Waals surface area contributed by atoms with Crippen molar-refractivity contribution in [2.24, 2.45) is 5.92 Å². The maximum absolute atomic E-state index is 11.9. The molecule has 0 radical (unpaired) electrons. The van der Waals surface area contributed by atoms with Gasteiger partial charge in [-0.2, -0.15) is 0 Å². The maximum atomic E-state index is 11.9. The number of nitrogens with two attached hydrogens (primary N) is 1. The second-order valence-corrected chi connectivity index (χ2v) is 5.02. The minimum atomic E-state index is 0.0683. The van der Waals surface area contributed by atoms with E-state index in [0.717, 1.165) is 17.8 Å². The van der Waals surface area contributed by atoms with E-state index in [2.05, 4.69) is 0 Å². The monoisotopic (exact) mass is 244 g/mol. The number of benzene rings is 1. The van der Waals surface area contributed by atoms with Gasteiger partial charge in [0, 0.05) is 25.4 Å². The molecule has 2 rings (SSSR count). The first-order valence-corrected chi connectivity index (χ1v) is 6.44. The predicted octanol–water partition coefficient (Wildman–Crippen LogP) is 2.54. The molecule has 0 aliphatic heterocycles. The summed E-state index contributed by atoms with van der Waals surface area (Å²) in [4.78, 5) is 13.7. The molecule has 1 fully saturated rings. The van der Waals surface area contributed by atoms with Crippen LogP contribution in [0, 0.1) is 5.92 Å². The zero-order valence-electron chi connectivity index (χ0n) is 10.8. The quantitative estimate of drug-likeness (QED) is 0.653. The summed E-state index contributed by atoms with van der Waals surface area (Å²) in [7, 11) is 1.87. The number of rotatable bonds is 4. The number of anilines is 1. The number of likely N-dealkylation sites (N-methyl/N-ethyl adjacent to an activating group) is 1. The van der Waals surface area contributed by atoms with Gasteiger partial charge in [0.05, 0.1) is 0 Å². The number of hydrogen-bond acceptors (Lipinski definition) is 2. The van der Waals surface area contributed by atoms with E-state index in [1.807, 2.05) is 37.4 Å². The average Bonchev–Trinajstić information content (AvgIpc) is 2.32. The van der Waals surface area contributed by atoms with Crippen molar-refractivity contribution in [1.29, 1.82) is 0 Å². The molecule has 0 unspecified atom stereocenters. The van der Waals surface area contributed by atoms with Crippen molar-refractivity contribution >= 4 is 17.7 Å². The zero-order chi connectivity index (χ0) is 13.0. The molecule has 0 heterocycles. The number of carbonyl (C=O) groups excluding carboxylic acids is 1. The Kier molecular flexibility index (Phi) is 4.03. The number of nitrogen functional groups attached to an aromatic ring is 1. The summed E-state index contributed by atoms with van der Waals surface area (Å²) < 4.78 is 0. The summed E-state index contributed by atoms with van der Waals surface area (Å²) >= 11 is 0. The Morgan fingerprint density at radius 2 is 2.06 bits per heavy atom. The van der Waals surface area contributed by atoms with Crippen molar-refractivity contribution in [2.45, 2.75) is 19.3 Å². The van der Waals surface area contributed by atoms with E-state index in [1.165, 1.54) is 19.3 Å². The second-order valence-electron chi connectivity index (χ2n) is 5.02. The van der Waals surface area contributed by atoms with Crippen molar-refractivity contribution in [3.8, 4) is 0 Å². The lowest BCUT2D eigenvalue weighted by Crippen LogP contribution is -2.33. The van der Waals surface area contributed by atoms with Crippen LogP contribution in [0.1, 0.15) is 24.8 Å². The minimum absolute atomic E-state index is 0.0683. The van der Waals surface area contributed by atoms with Crippen LogP contribution in [0.25, 0.3) is 6.08 Å². The molecule has 0 bridgehead atoms. The van der Waals surface area contributed by atoms with Gasteiger partial charge in [-0.3, -0.25) is 4.79 Å². The highest BCUT2D eigenvalue weighted by atomic mass is 16.2. The van der Waals surface area contributed by atoms with Crippen molar-refractivity contribution in [3.63, 3.8) is 0 Å². The van der Waals surface area contributed by atoms with Gasteiger partial charge in [0.1, 0.15) is 0 Å². The van der Waals surface area contributed by atoms with E-state index in [0.29, 0.717) is 5.92 Å². The highest BCUT2D eigenvalue weighted by molar-refractivity contribution is 5.91. The van der Waals surface area contributed by atoms with Gasteiger partial charge in [0.2, 0.25) is 5.91 Å². The van der Waals surface area contributed by atoms with Gasteiger partial charge >= 0.3 is 0 Å². The van der Waals surface area contributed by atoms with Crippen LogP contribution in [-0.4, -0.2) is 24.4 Å². The maximum Gasteiger partial charge on any atom is 0.246 e. The first-order valence-electron chi connectivity index (χ1n) is 6.44. The lowest BCUT2D eigenvalue weighted by Gasteiger charge is -2.29. The van der Waals surface area contributed by atoms with E-state index >= 15 is 0 Å². The van der Waals surface area contributed by atoms with Crippen molar-refractivity contribution in [1.82, 2.24) is 4.90 Å². The molecule has 2 N–H and O–H groups in total. The normalized spacial score (nSPS) is 15.6. The van der Waals surface area contributed by atoms with E-state index in [4.69, 9.17) is 5.73 Å². The van der Waals surface area contributed by atoms with Gasteiger partial charge in [-0.15, -0.1) is 0 Å². The average molecular weight is 244 g/mol. The fourth-order valence-electron chi connectivity index (χ4n) is 2.05. The standard InChI is InChI=1S/C15H20N2O/c1-17(11-13-3-2-4-13)15(18)10-7-12-5-8-14(16)9-6-12/h5-10,13H,2-4,11,16H2,1H3/b10-7+. The fourth-order valence-corrected chi connectivity index (χ4v) is 2.05. The van der Waals surface area contributed by atoms with Gasteiger partial charge < -0.3 is 10.6 Å². The molecule has 1 aliphatic rings. The Morgan fingerprint density at radius 1 is 1.39 bits per heavy atom. The van der Waals surface area contributed by atoms with E-state index in [9.17, 15) is 4.79 Å². The van der Waals surface area contributed by atoms with Crippen LogP contribution in [0.5, 0.6) is 0 Å². The summed E-state index contributed by atoms with van der Waals surface area (Å²) in [5.41, 5.74) is 7.34. The predicted molar refractivity (Wildman–Crippen MR) is 74.9 cm³/mol. The van der Waals surface area contributed by atoms with E-state index in [1.54, 1.807) is 11.0 Å². The number of amides is 1. The molecular formula is C15H20N2O. The topological polar surface area (TPSA) is 46.3 Å². The van der Waals surface area contributed by atoms with Gasteiger partial charge in [0.15, 0.2) is 0 Å². The van der Waals surface area contributed by atoms with Crippen molar-refractivity contribution < 1.29 is 4.79 Å². The highest BCUT2D eigenvalue weighted by Crippen LogP contribution is 2.26. The van der Waals surface area contributed by atoms with Crippen molar-refractivity contribution in [3.05, 3.63) is 35.9 Å². The SMILES string of the molecule is CN(CC1CCC1)C(=O)/C=C/c1ccc(N)cc1. The Morgan fingerprint density at radius 3 is 2.61 bits per heavy atom.